The number of nitrogens with zero attached hydrogens (tertiary/aromatic N) is 1. The number of amides is 2. The highest BCUT2D eigenvalue weighted by atomic mass is 19.4. The zero-order valence-corrected chi connectivity index (χ0v) is 15.2. The van der Waals surface area contributed by atoms with Crippen molar-refractivity contribution in [1.82, 2.24) is 20.9 Å². The summed E-state index contributed by atoms with van der Waals surface area (Å²) in [5.74, 6) is -0.498. The second-order valence-corrected chi connectivity index (χ2v) is 7.42. The van der Waals surface area contributed by atoms with Crippen molar-refractivity contribution in [3.63, 3.8) is 0 Å². The van der Waals surface area contributed by atoms with Gasteiger partial charge in [0.05, 0.1) is 24.4 Å². The minimum atomic E-state index is -4.25. The molecule has 148 valence electrons. The third kappa shape index (κ3) is 4.78. The van der Waals surface area contributed by atoms with Gasteiger partial charge in [0.2, 0.25) is 11.8 Å². The lowest BCUT2D eigenvalue weighted by atomic mass is 10.0. The molecule has 0 aromatic heterocycles. The first-order valence-corrected chi connectivity index (χ1v) is 8.78. The van der Waals surface area contributed by atoms with Crippen LogP contribution in [0.4, 0.5) is 13.2 Å². The Morgan fingerprint density at radius 3 is 2.41 bits per heavy atom. The number of rotatable bonds is 5. The van der Waals surface area contributed by atoms with Crippen molar-refractivity contribution in [1.29, 1.82) is 0 Å². The highest BCUT2D eigenvalue weighted by Crippen LogP contribution is 2.45. The van der Waals surface area contributed by atoms with Crippen LogP contribution in [0.25, 0.3) is 0 Å². The molecule has 1 aliphatic carbocycles. The Morgan fingerprint density at radius 2 is 1.89 bits per heavy atom. The molecular formula is C18H23F3N4O2. The van der Waals surface area contributed by atoms with E-state index in [9.17, 15) is 22.8 Å². The van der Waals surface area contributed by atoms with Crippen LogP contribution in [-0.2, 0) is 21.5 Å². The van der Waals surface area contributed by atoms with Gasteiger partial charge in [-0.05, 0) is 38.1 Å². The van der Waals surface area contributed by atoms with Crippen LogP contribution in [0.15, 0.2) is 24.3 Å². The van der Waals surface area contributed by atoms with E-state index in [-0.39, 0.29) is 23.8 Å². The van der Waals surface area contributed by atoms with E-state index < -0.39 is 30.5 Å². The molecule has 0 radical (unpaired) electrons. The summed E-state index contributed by atoms with van der Waals surface area (Å²) in [6.45, 7) is 0. The van der Waals surface area contributed by atoms with Crippen LogP contribution in [0.2, 0.25) is 0 Å². The molecule has 6 nitrogen and oxygen atoms in total. The molecule has 0 bridgehead atoms. The molecule has 1 saturated heterocycles. The van der Waals surface area contributed by atoms with Crippen molar-refractivity contribution in [2.45, 2.75) is 49.7 Å². The predicted octanol–water partition coefficient (Wildman–Crippen LogP) is 1.22. The molecular weight excluding hydrogens is 361 g/mol. The van der Waals surface area contributed by atoms with Gasteiger partial charge in [-0.15, -0.1) is 0 Å². The summed E-state index contributed by atoms with van der Waals surface area (Å²) in [7, 11) is 3.56. The maximum absolute atomic E-state index is 12.7. The zero-order valence-electron chi connectivity index (χ0n) is 15.2. The van der Waals surface area contributed by atoms with Gasteiger partial charge in [0.1, 0.15) is 6.29 Å². The molecule has 2 atom stereocenters. The monoisotopic (exact) mass is 384 g/mol. The number of carbonyl (C=O) groups excluding carboxylic acids is 2. The average Bonchev–Trinajstić information content (AvgIpc) is 3.34. The Labute approximate surface area is 155 Å². The van der Waals surface area contributed by atoms with Gasteiger partial charge in [0.15, 0.2) is 0 Å². The van der Waals surface area contributed by atoms with Gasteiger partial charge in [0, 0.05) is 0 Å². The fourth-order valence-corrected chi connectivity index (χ4v) is 3.24. The largest absolute Gasteiger partial charge is 0.393 e. The molecule has 1 aromatic rings. The van der Waals surface area contributed by atoms with Crippen molar-refractivity contribution in [3.05, 3.63) is 35.4 Å². The smallest absolute Gasteiger partial charge is 0.345 e. The molecule has 1 saturated carbocycles. The summed E-state index contributed by atoms with van der Waals surface area (Å²) in [6.07, 6.45) is -4.18. The molecule has 3 N–H and O–H groups in total. The Balaban J connectivity index is 1.66. The van der Waals surface area contributed by atoms with Crippen molar-refractivity contribution < 1.29 is 22.8 Å². The molecule has 1 aromatic carbocycles. The first kappa shape index (κ1) is 19.6. The molecule has 27 heavy (non-hydrogen) atoms. The summed E-state index contributed by atoms with van der Waals surface area (Å²) >= 11 is 0. The molecule has 3 rings (SSSR count). The molecule has 1 heterocycles. The highest BCUT2D eigenvalue weighted by molar-refractivity contribution is 5.90. The van der Waals surface area contributed by atoms with Crippen molar-refractivity contribution in [2.24, 2.45) is 0 Å². The van der Waals surface area contributed by atoms with Crippen LogP contribution in [0, 0.1) is 0 Å². The van der Waals surface area contributed by atoms with Gasteiger partial charge in [-0.2, -0.15) is 13.2 Å². The van der Waals surface area contributed by atoms with Gasteiger partial charge in [-0.25, -0.2) is 0 Å². The Hall–Kier alpha value is -2.13. The van der Waals surface area contributed by atoms with Crippen LogP contribution in [0.1, 0.15) is 30.4 Å². The van der Waals surface area contributed by atoms with Crippen molar-refractivity contribution in [3.8, 4) is 0 Å². The third-order valence-corrected chi connectivity index (χ3v) is 4.90. The van der Waals surface area contributed by atoms with Crippen LogP contribution in [-0.4, -0.2) is 49.3 Å². The molecule has 0 spiro atoms. The highest BCUT2D eigenvalue weighted by Gasteiger charge is 2.47. The molecule has 2 fully saturated rings. The second kappa shape index (κ2) is 7.12. The van der Waals surface area contributed by atoms with Gasteiger partial charge < -0.3 is 10.6 Å². The van der Waals surface area contributed by atoms with E-state index in [1.165, 1.54) is 12.1 Å². The van der Waals surface area contributed by atoms with E-state index in [4.69, 9.17) is 0 Å². The molecule has 2 aliphatic rings. The van der Waals surface area contributed by atoms with E-state index >= 15 is 0 Å². The van der Waals surface area contributed by atoms with Gasteiger partial charge in [0.25, 0.3) is 0 Å². The number of halogens is 3. The third-order valence-electron chi connectivity index (χ3n) is 4.90. The Bertz CT molecular complexity index is 714. The van der Waals surface area contributed by atoms with Crippen LogP contribution in [0.3, 0.4) is 0 Å². The number of carbonyl (C=O) groups is 2. The quantitative estimate of drug-likeness (QED) is 0.714. The number of benzene rings is 1. The maximum atomic E-state index is 12.7. The summed E-state index contributed by atoms with van der Waals surface area (Å²) in [5, 5.41) is 8.80. The van der Waals surface area contributed by atoms with Crippen molar-refractivity contribution in [2.75, 3.05) is 14.1 Å². The van der Waals surface area contributed by atoms with Crippen LogP contribution < -0.4 is 16.0 Å². The Kier molecular flexibility index (Phi) is 5.18. The van der Waals surface area contributed by atoms with Crippen LogP contribution in [0.5, 0.6) is 0 Å². The molecule has 1 aliphatic heterocycles. The van der Waals surface area contributed by atoms with E-state index in [2.05, 4.69) is 16.0 Å². The summed E-state index contributed by atoms with van der Waals surface area (Å²) < 4.78 is 37.5. The molecule has 2 amide bonds. The minimum Gasteiger partial charge on any atom is -0.345 e. The lowest BCUT2D eigenvalue weighted by molar-refractivity contribution is -0.134. The predicted molar refractivity (Wildman–Crippen MR) is 92.4 cm³/mol. The minimum absolute atomic E-state index is 0.0385. The normalized spacial score (nSPS) is 24.4. The van der Waals surface area contributed by atoms with Crippen molar-refractivity contribution >= 4 is 11.8 Å². The first-order chi connectivity index (χ1) is 12.6. The first-order valence-electron chi connectivity index (χ1n) is 8.78. The number of nitrogens with one attached hydrogen (secondary N) is 3. The topological polar surface area (TPSA) is 73.5 Å². The number of alkyl halides is 3. The summed E-state index contributed by atoms with van der Waals surface area (Å²) in [6, 6.07) is 5.51. The van der Waals surface area contributed by atoms with Gasteiger partial charge >= 0.3 is 6.18 Å². The van der Waals surface area contributed by atoms with E-state index in [1.807, 2.05) is 0 Å². The lowest BCUT2D eigenvalue weighted by Gasteiger charge is -2.35. The molecule has 9 heteroatoms. The van der Waals surface area contributed by atoms with E-state index in [1.54, 1.807) is 31.1 Å². The fourth-order valence-electron chi connectivity index (χ4n) is 3.24. The maximum Gasteiger partial charge on any atom is 0.393 e. The lowest BCUT2D eigenvalue weighted by Crippen LogP contribution is -2.65. The van der Waals surface area contributed by atoms with Gasteiger partial charge in [-0.3, -0.25) is 19.8 Å². The number of hydrogen-bond donors (Lipinski definition) is 3. The average molecular weight is 384 g/mol. The summed E-state index contributed by atoms with van der Waals surface area (Å²) in [5.41, 5.74) is 0.413. The van der Waals surface area contributed by atoms with E-state index in [0.29, 0.717) is 12.8 Å². The van der Waals surface area contributed by atoms with Gasteiger partial charge in [-0.1, -0.05) is 24.3 Å². The zero-order chi connectivity index (χ0) is 19.8. The second-order valence-electron chi connectivity index (χ2n) is 7.42. The SMILES string of the molecule is CN(C)C1NC(=O)CC(C(=O)NC2(c3ccc(CC(F)(F)F)cc3)CC2)N1. The number of hydrogen-bond acceptors (Lipinski definition) is 4. The Morgan fingerprint density at radius 1 is 1.26 bits per heavy atom. The standard InChI is InChI=1S/C18H23F3N4O2/c1-25(2)16-22-13(9-14(26)23-16)15(27)24-17(7-8-17)12-5-3-11(4-6-12)10-18(19,20)21/h3-6,13,16,22H,7-10H2,1-2H3,(H,23,26)(H,24,27). The molecule has 2 unspecified atom stereocenters. The summed E-state index contributed by atoms with van der Waals surface area (Å²) in [4.78, 5) is 26.3. The van der Waals surface area contributed by atoms with E-state index in [0.717, 1.165) is 5.56 Å². The van der Waals surface area contributed by atoms with Crippen LogP contribution >= 0.6 is 0 Å². The fraction of sp³-hybridized carbons (Fsp3) is 0.556.